The van der Waals surface area contributed by atoms with Crippen LogP contribution in [0.5, 0.6) is 0 Å². The number of hydrogen-bond donors (Lipinski definition) is 1. The third kappa shape index (κ3) is 7.15. The third-order valence-corrected chi connectivity index (χ3v) is 5.14. The van der Waals surface area contributed by atoms with Crippen molar-refractivity contribution in [1.29, 1.82) is 0 Å². The van der Waals surface area contributed by atoms with Gasteiger partial charge in [-0.15, -0.1) is 0 Å². The van der Waals surface area contributed by atoms with E-state index in [-0.39, 0.29) is 36.4 Å². The minimum Gasteiger partial charge on any atom is -0.461 e. The first-order chi connectivity index (χ1) is 15.3. The largest absolute Gasteiger partial charge is 0.461 e. The molecule has 0 unspecified atom stereocenters. The molecule has 0 aromatic rings. The summed E-state index contributed by atoms with van der Waals surface area (Å²) in [7, 11) is 0. The van der Waals surface area contributed by atoms with E-state index in [1.54, 1.807) is 32.9 Å². The van der Waals surface area contributed by atoms with Crippen molar-refractivity contribution in [2.45, 2.75) is 72.2 Å². The average Bonchev–Trinajstić information content (AvgIpc) is 2.97. The Morgan fingerprint density at radius 1 is 1.21 bits per heavy atom. The maximum Gasteiger partial charge on any atom is 0.343 e. The Labute approximate surface area is 192 Å². The van der Waals surface area contributed by atoms with Crippen molar-refractivity contribution in [1.82, 2.24) is 0 Å². The highest BCUT2D eigenvalue weighted by molar-refractivity contribution is 5.96. The molecule has 1 aliphatic carbocycles. The molecule has 1 N–H and O–H groups in total. The first kappa shape index (κ1) is 26.1. The van der Waals surface area contributed by atoms with E-state index in [4.69, 9.17) is 18.9 Å². The topological polar surface area (TPSA) is 125 Å². The summed E-state index contributed by atoms with van der Waals surface area (Å²) in [5, 5.41) is 11.0. The maximum absolute atomic E-state index is 12.6. The Hall–Kier alpha value is -3.20. The van der Waals surface area contributed by atoms with Crippen LogP contribution in [0, 0.1) is 0 Å². The van der Waals surface area contributed by atoms with Gasteiger partial charge in [0.2, 0.25) is 0 Å². The van der Waals surface area contributed by atoms with Crippen molar-refractivity contribution in [3.63, 3.8) is 0 Å². The monoisotopic (exact) mass is 462 g/mol. The van der Waals surface area contributed by atoms with E-state index in [2.05, 4.69) is 0 Å². The van der Waals surface area contributed by atoms with Crippen LogP contribution in [-0.4, -0.2) is 53.4 Å². The van der Waals surface area contributed by atoms with Gasteiger partial charge < -0.3 is 24.1 Å². The second-order valence-electron chi connectivity index (χ2n) is 8.36. The SMILES string of the molecule is C/C=C(\C)C(=O)O[C@@H]1C/C(C)=C\[C@H](OC(C)=O)C[C@](C)(O)/C=C2/OC(=O)C(COC(C)=O)=C21. The molecule has 0 radical (unpaired) electrons. The molecule has 0 aromatic heterocycles. The van der Waals surface area contributed by atoms with Gasteiger partial charge in [-0.3, -0.25) is 9.59 Å². The lowest BCUT2D eigenvalue weighted by atomic mass is 9.89. The second kappa shape index (κ2) is 10.6. The number of carbonyl (C=O) groups is 4. The maximum atomic E-state index is 12.6. The lowest BCUT2D eigenvalue weighted by Crippen LogP contribution is -2.32. The van der Waals surface area contributed by atoms with E-state index in [0.29, 0.717) is 11.1 Å². The molecule has 0 aromatic carbocycles. The van der Waals surface area contributed by atoms with Crippen molar-refractivity contribution < 1.29 is 43.2 Å². The van der Waals surface area contributed by atoms with E-state index in [0.717, 1.165) is 0 Å². The second-order valence-corrected chi connectivity index (χ2v) is 8.36. The van der Waals surface area contributed by atoms with Crippen molar-refractivity contribution in [3.8, 4) is 0 Å². The van der Waals surface area contributed by atoms with Gasteiger partial charge in [-0.1, -0.05) is 11.6 Å². The number of ether oxygens (including phenoxy) is 4. The fraction of sp³-hybridized carbons (Fsp3) is 0.500. The summed E-state index contributed by atoms with van der Waals surface area (Å²) in [6.07, 6.45) is 2.98. The van der Waals surface area contributed by atoms with Crippen LogP contribution in [0.3, 0.4) is 0 Å². The van der Waals surface area contributed by atoms with E-state index in [1.165, 1.54) is 26.8 Å². The number of hydrogen-bond acceptors (Lipinski definition) is 9. The molecule has 180 valence electrons. The Balaban J connectivity index is 2.65. The minimum atomic E-state index is -1.56. The van der Waals surface area contributed by atoms with E-state index < -0.39 is 41.7 Å². The normalized spacial score (nSPS) is 29.1. The van der Waals surface area contributed by atoms with Gasteiger partial charge in [0.05, 0.1) is 11.2 Å². The summed E-state index contributed by atoms with van der Waals surface area (Å²) in [5.74, 6) is -2.49. The van der Waals surface area contributed by atoms with Gasteiger partial charge in [0.25, 0.3) is 0 Å². The number of esters is 4. The predicted octanol–water partition coefficient (Wildman–Crippen LogP) is 2.59. The van der Waals surface area contributed by atoms with E-state index >= 15 is 0 Å². The Morgan fingerprint density at radius 3 is 2.45 bits per heavy atom. The van der Waals surface area contributed by atoms with Crippen LogP contribution in [0.4, 0.5) is 0 Å². The highest BCUT2D eigenvalue weighted by Gasteiger charge is 2.40. The van der Waals surface area contributed by atoms with Crippen LogP contribution in [-0.2, 0) is 38.1 Å². The number of allylic oxidation sites excluding steroid dienone is 1. The highest BCUT2D eigenvalue weighted by Crippen LogP contribution is 2.37. The fourth-order valence-electron chi connectivity index (χ4n) is 3.56. The number of aliphatic hydroxyl groups is 1. The van der Waals surface area contributed by atoms with Gasteiger partial charge in [0.1, 0.15) is 24.6 Å². The lowest BCUT2D eigenvalue weighted by molar-refractivity contribution is -0.146. The van der Waals surface area contributed by atoms with Crippen molar-refractivity contribution in [2.24, 2.45) is 0 Å². The summed E-state index contributed by atoms with van der Waals surface area (Å²) in [6.45, 7) is 8.60. The molecule has 33 heavy (non-hydrogen) atoms. The van der Waals surface area contributed by atoms with E-state index in [9.17, 15) is 24.3 Å². The number of fused-ring (bicyclic) bond motifs is 1. The molecule has 0 fully saturated rings. The molecule has 0 saturated heterocycles. The zero-order valence-corrected chi connectivity index (χ0v) is 19.7. The van der Waals surface area contributed by atoms with Gasteiger partial charge >= 0.3 is 23.9 Å². The molecule has 2 aliphatic rings. The standard InChI is InChI=1S/C24H30O9/c1-7-14(3)22(27)32-19-9-13(2)8-17(31-16(5)26)10-24(6,29)11-20-21(19)18(23(28)33-20)12-30-15(4)25/h7-8,11,17,19,29H,9-10,12H2,1-6H3/b13-8-,14-7+,20-11+/t17-,19+,24-/m0/s1. The third-order valence-electron chi connectivity index (χ3n) is 5.14. The summed E-state index contributed by atoms with van der Waals surface area (Å²) >= 11 is 0. The number of carbonyl (C=O) groups excluding carboxylic acids is 4. The molecule has 2 rings (SSSR count). The highest BCUT2D eigenvalue weighted by atomic mass is 16.6. The Bertz CT molecular complexity index is 962. The zero-order chi connectivity index (χ0) is 24.9. The fourth-order valence-corrected chi connectivity index (χ4v) is 3.56. The molecule has 0 amide bonds. The summed E-state index contributed by atoms with van der Waals surface area (Å²) < 4.78 is 21.5. The van der Waals surface area contributed by atoms with E-state index in [1.807, 2.05) is 0 Å². The molecule has 3 atom stereocenters. The van der Waals surface area contributed by atoms with Crippen molar-refractivity contribution in [3.05, 3.63) is 46.3 Å². The summed E-state index contributed by atoms with van der Waals surface area (Å²) in [4.78, 5) is 48.2. The average molecular weight is 462 g/mol. The van der Waals surface area contributed by atoms with Crippen molar-refractivity contribution >= 4 is 23.9 Å². The lowest BCUT2D eigenvalue weighted by Gasteiger charge is -2.28. The molecular weight excluding hydrogens is 432 g/mol. The van der Waals surface area contributed by atoms with Gasteiger partial charge in [-0.2, -0.15) is 0 Å². The van der Waals surface area contributed by atoms with Crippen molar-refractivity contribution in [2.75, 3.05) is 6.61 Å². The van der Waals surface area contributed by atoms with Crippen LogP contribution in [0.15, 0.2) is 46.3 Å². The summed E-state index contributed by atoms with van der Waals surface area (Å²) in [5.41, 5.74) is -0.269. The van der Waals surface area contributed by atoms with Crippen LogP contribution < -0.4 is 0 Å². The Morgan fingerprint density at radius 2 is 1.88 bits per heavy atom. The molecule has 1 aliphatic heterocycles. The molecule has 0 spiro atoms. The van der Waals surface area contributed by atoms with Crippen LogP contribution in [0.1, 0.15) is 54.4 Å². The van der Waals surface area contributed by atoms with Crippen LogP contribution >= 0.6 is 0 Å². The molecular formula is C24H30O9. The minimum absolute atomic E-state index is 0.000333. The van der Waals surface area contributed by atoms with Gasteiger partial charge in [0, 0.05) is 37.8 Å². The predicted molar refractivity (Wildman–Crippen MR) is 116 cm³/mol. The summed E-state index contributed by atoms with van der Waals surface area (Å²) in [6, 6.07) is 0. The molecule has 1 heterocycles. The van der Waals surface area contributed by atoms with Gasteiger partial charge in [-0.25, -0.2) is 9.59 Å². The molecule has 0 saturated carbocycles. The zero-order valence-electron chi connectivity index (χ0n) is 19.7. The molecule has 9 nitrogen and oxygen atoms in total. The molecule has 0 bridgehead atoms. The Kier molecular flexibility index (Phi) is 8.38. The van der Waals surface area contributed by atoms with Gasteiger partial charge in [0.15, 0.2) is 0 Å². The number of rotatable bonds is 5. The van der Waals surface area contributed by atoms with Crippen LogP contribution in [0.2, 0.25) is 0 Å². The quantitative estimate of drug-likeness (QED) is 0.284. The molecule has 9 heteroatoms. The van der Waals surface area contributed by atoms with Crippen LogP contribution in [0.25, 0.3) is 0 Å². The first-order valence-electron chi connectivity index (χ1n) is 10.6. The smallest absolute Gasteiger partial charge is 0.343 e. The van der Waals surface area contributed by atoms with Gasteiger partial charge in [-0.05, 0) is 39.8 Å². The first-order valence-corrected chi connectivity index (χ1v) is 10.6.